The third-order valence-electron chi connectivity index (χ3n) is 2.56. The van der Waals surface area contributed by atoms with E-state index in [0.717, 1.165) is 26.2 Å². The molecule has 0 bridgehead atoms. The second-order valence-electron chi connectivity index (χ2n) is 3.87. The van der Waals surface area contributed by atoms with Gasteiger partial charge in [-0.05, 0) is 13.3 Å². The number of aliphatic hydroxyl groups excluding tert-OH is 1. The van der Waals surface area contributed by atoms with E-state index in [2.05, 4.69) is 6.92 Å². The van der Waals surface area contributed by atoms with Gasteiger partial charge in [-0.3, -0.25) is 0 Å². The average Bonchev–Trinajstić information content (AvgIpc) is 2.08. The van der Waals surface area contributed by atoms with Crippen LogP contribution in [0, 0.1) is 5.41 Å². The Labute approximate surface area is 85.2 Å². The maximum Gasteiger partial charge on any atom is 0.151 e. The van der Waals surface area contributed by atoms with E-state index in [1.54, 1.807) is 6.92 Å². The standard InChI is InChI=1S/C10H20O4/c1-3-10(7-13-8-10)6-12-4-5-14-9(2)11/h9,11H,3-8H2,1-2H3. The van der Waals surface area contributed by atoms with Crippen molar-refractivity contribution in [2.45, 2.75) is 26.6 Å². The summed E-state index contributed by atoms with van der Waals surface area (Å²) in [4.78, 5) is 0. The van der Waals surface area contributed by atoms with Crippen LogP contribution in [0.1, 0.15) is 20.3 Å². The molecule has 0 saturated carbocycles. The maximum atomic E-state index is 8.82. The van der Waals surface area contributed by atoms with E-state index in [0.29, 0.717) is 13.2 Å². The fourth-order valence-corrected chi connectivity index (χ4v) is 1.35. The molecule has 1 heterocycles. The molecule has 0 aromatic heterocycles. The molecule has 1 rings (SSSR count). The Kier molecular flexibility index (Phi) is 4.81. The molecule has 84 valence electrons. The van der Waals surface area contributed by atoms with Crippen molar-refractivity contribution in [1.29, 1.82) is 0 Å². The number of aliphatic hydroxyl groups is 1. The van der Waals surface area contributed by atoms with E-state index in [1.165, 1.54) is 0 Å². The number of hydrogen-bond donors (Lipinski definition) is 1. The number of ether oxygens (including phenoxy) is 3. The van der Waals surface area contributed by atoms with Crippen molar-refractivity contribution in [3.8, 4) is 0 Å². The Morgan fingerprint density at radius 2 is 2.14 bits per heavy atom. The molecular weight excluding hydrogens is 184 g/mol. The van der Waals surface area contributed by atoms with E-state index < -0.39 is 6.29 Å². The molecule has 0 aromatic rings. The predicted molar refractivity (Wildman–Crippen MR) is 52.0 cm³/mol. The topological polar surface area (TPSA) is 47.9 Å². The van der Waals surface area contributed by atoms with E-state index >= 15 is 0 Å². The van der Waals surface area contributed by atoms with Crippen molar-refractivity contribution in [2.75, 3.05) is 33.0 Å². The summed E-state index contributed by atoms with van der Waals surface area (Å²) in [7, 11) is 0. The minimum atomic E-state index is -0.703. The minimum Gasteiger partial charge on any atom is -0.380 e. The van der Waals surface area contributed by atoms with Gasteiger partial charge in [0.2, 0.25) is 0 Å². The largest absolute Gasteiger partial charge is 0.380 e. The first-order valence-electron chi connectivity index (χ1n) is 5.14. The molecule has 1 fully saturated rings. The highest BCUT2D eigenvalue weighted by molar-refractivity contribution is 4.83. The number of rotatable bonds is 7. The Morgan fingerprint density at radius 1 is 1.43 bits per heavy atom. The van der Waals surface area contributed by atoms with Crippen LogP contribution >= 0.6 is 0 Å². The van der Waals surface area contributed by atoms with Crippen molar-refractivity contribution in [2.24, 2.45) is 5.41 Å². The lowest BCUT2D eigenvalue weighted by molar-refractivity contribution is -0.159. The van der Waals surface area contributed by atoms with Crippen LogP contribution < -0.4 is 0 Å². The van der Waals surface area contributed by atoms with E-state index in [-0.39, 0.29) is 5.41 Å². The van der Waals surface area contributed by atoms with Crippen LogP contribution in [0.4, 0.5) is 0 Å². The van der Waals surface area contributed by atoms with Gasteiger partial charge in [-0.2, -0.15) is 0 Å². The normalized spacial score (nSPS) is 21.6. The van der Waals surface area contributed by atoms with Crippen molar-refractivity contribution < 1.29 is 19.3 Å². The molecule has 0 aromatic carbocycles. The highest BCUT2D eigenvalue weighted by atomic mass is 16.6. The van der Waals surface area contributed by atoms with Crippen molar-refractivity contribution >= 4 is 0 Å². The molecule has 1 unspecified atom stereocenters. The van der Waals surface area contributed by atoms with Crippen LogP contribution in [0.15, 0.2) is 0 Å². The smallest absolute Gasteiger partial charge is 0.151 e. The molecule has 0 aliphatic carbocycles. The number of hydrogen-bond acceptors (Lipinski definition) is 4. The Bertz CT molecular complexity index is 149. The summed E-state index contributed by atoms with van der Waals surface area (Å²) < 4.78 is 15.6. The lowest BCUT2D eigenvalue weighted by Crippen LogP contribution is -2.45. The van der Waals surface area contributed by atoms with E-state index in [4.69, 9.17) is 19.3 Å². The van der Waals surface area contributed by atoms with Gasteiger partial charge in [-0.15, -0.1) is 0 Å². The Morgan fingerprint density at radius 3 is 2.57 bits per heavy atom. The molecule has 4 heteroatoms. The van der Waals surface area contributed by atoms with Crippen molar-refractivity contribution in [3.05, 3.63) is 0 Å². The van der Waals surface area contributed by atoms with E-state index in [9.17, 15) is 0 Å². The maximum absolute atomic E-state index is 8.82. The van der Waals surface area contributed by atoms with Gasteiger partial charge >= 0.3 is 0 Å². The summed E-state index contributed by atoms with van der Waals surface area (Å²) in [5.41, 5.74) is 0.241. The molecule has 1 atom stereocenters. The lowest BCUT2D eigenvalue weighted by atomic mass is 9.84. The molecule has 1 aliphatic heterocycles. The van der Waals surface area contributed by atoms with E-state index in [1.807, 2.05) is 0 Å². The van der Waals surface area contributed by atoms with Gasteiger partial charge in [0, 0.05) is 5.41 Å². The summed E-state index contributed by atoms with van der Waals surface area (Å²) in [6, 6.07) is 0. The van der Waals surface area contributed by atoms with Gasteiger partial charge in [0.1, 0.15) is 0 Å². The summed E-state index contributed by atoms with van der Waals surface area (Å²) >= 11 is 0. The van der Waals surface area contributed by atoms with Crippen LogP contribution in [0.3, 0.4) is 0 Å². The summed E-state index contributed by atoms with van der Waals surface area (Å²) in [5, 5.41) is 8.82. The molecular formula is C10H20O4. The van der Waals surface area contributed by atoms with Crippen LogP contribution in [0.2, 0.25) is 0 Å². The molecule has 1 N–H and O–H groups in total. The van der Waals surface area contributed by atoms with Gasteiger partial charge in [0.05, 0.1) is 33.0 Å². The third-order valence-corrected chi connectivity index (χ3v) is 2.56. The first-order chi connectivity index (χ1) is 6.68. The Balaban J connectivity index is 1.97. The first kappa shape index (κ1) is 11.9. The Hall–Kier alpha value is -0.160. The molecule has 0 radical (unpaired) electrons. The molecule has 4 nitrogen and oxygen atoms in total. The fraction of sp³-hybridized carbons (Fsp3) is 1.00. The third kappa shape index (κ3) is 3.53. The minimum absolute atomic E-state index is 0.241. The summed E-state index contributed by atoms with van der Waals surface area (Å²) in [6.07, 6.45) is 0.385. The first-order valence-corrected chi connectivity index (χ1v) is 5.14. The SMILES string of the molecule is CCC1(COCCOC(C)O)COC1. The van der Waals surface area contributed by atoms with Crippen LogP contribution in [-0.2, 0) is 14.2 Å². The molecule has 0 spiro atoms. The monoisotopic (exact) mass is 204 g/mol. The van der Waals surface area contributed by atoms with Crippen LogP contribution in [-0.4, -0.2) is 44.4 Å². The van der Waals surface area contributed by atoms with Gasteiger partial charge in [-0.1, -0.05) is 6.92 Å². The second-order valence-corrected chi connectivity index (χ2v) is 3.87. The van der Waals surface area contributed by atoms with Gasteiger partial charge in [0.15, 0.2) is 6.29 Å². The van der Waals surface area contributed by atoms with Crippen molar-refractivity contribution in [1.82, 2.24) is 0 Å². The lowest BCUT2D eigenvalue weighted by Gasteiger charge is -2.40. The average molecular weight is 204 g/mol. The van der Waals surface area contributed by atoms with Crippen LogP contribution in [0.25, 0.3) is 0 Å². The van der Waals surface area contributed by atoms with Gasteiger partial charge < -0.3 is 19.3 Å². The zero-order valence-corrected chi connectivity index (χ0v) is 8.99. The molecule has 1 saturated heterocycles. The highest BCUT2D eigenvalue weighted by Gasteiger charge is 2.36. The molecule has 14 heavy (non-hydrogen) atoms. The molecule has 1 aliphatic rings. The van der Waals surface area contributed by atoms with Crippen molar-refractivity contribution in [3.63, 3.8) is 0 Å². The van der Waals surface area contributed by atoms with Gasteiger partial charge in [-0.25, -0.2) is 0 Å². The summed E-state index contributed by atoms with van der Waals surface area (Å²) in [5.74, 6) is 0. The van der Waals surface area contributed by atoms with Crippen LogP contribution in [0.5, 0.6) is 0 Å². The quantitative estimate of drug-likeness (QED) is 0.492. The fourth-order valence-electron chi connectivity index (χ4n) is 1.35. The second kappa shape index (κ2) is 5.66. The summed E-state index contributed by atoms with van der Waals surface area (Å²) in [6.45, 7) is 7.06. The zero-order chi connectivity index (χ0) is 10.4. The zero-order valence-electron chi connectivity index (χ0n) is 8.99. The predicted octanol–water partition coefficient (Wildman–Crippen LogP) is 0.784. The van der Waals surface area contributed by atoms with Gasteiger partial charge in [0.25, 0.3) is 0 Å². The molecule has 0 amide bonds. The highest BCUT2D eigenvalue weighted by Crippen LogP contribution is 2.31.